The maximum atomic E-state index is 5.30. The highest BCUT2D eigenvalue weighted by Gasteiger charge is 2.06. The van der Waals surface area contributed by atoms with Crippen molar-refractivity contribution in [1.82, 2.24) is 4.57 Å². The second kappa shape index (κ2) is 5.62. The molecule has 1 aromatic heterocycles. The number of rotatable bonds is 3. The monoisotopic (exact) mass is 393 g/mol. The fourth-order valence-electron chi connectivity index (χ4n) is 2.29. The Kier molecular flexibility index (Phi) is 3.85. The van der Waals surface area contributed by atoms with Gasteiger partial charge in [-0.1, -0.05) is 31.9 Å². The van der Waals surface area contributed by atoms with Gasteiger partial charge in [-0.2, -0.15) is 0 Å². The smallest absolute Gasteiger partial charge is 0.119 e. The van der Waals surface area contributed by atoms with Crippen molar-refractivity contribution in [3.63, 3.8) is 0 Å². The summed E-state index contributed by atoms with van der Waals surface area (Å²) < 4.78 is 9.73. The largest absolute Gasteiger partial charge is 0.497 e. The van der Waals surface area contributed by atoms with Crippen LogP contribution in [0.5, 0.6) is 5.75 Å². The Morgan fingerprint density at radius 1 is 1.05 bits per heavy atom. The SMILES string of the molecule is COc1ccc(Br)c(Cn2ccc3cc(Br)ccc32)c1. The second-order valence-electron chi connectivity index (χ2n) is 4.60. The Balaban J connectivity index is 2.01. The molecule has 0 fully saturated rings. The number of ether oxygens (including phenoxy) is 1. The molecular weight excluding hydrogens is 382 g/mol. The lowest BCUT2D eigenvalue weighted by molar-refractivity contribution is 0.414. The Morgan fingerprint density at radius 3 is 2.70 bits per heavy atom. The predicted octanol–water partition coefficient (Wildman–Crippen LogP) is 5.22. The maximum absolute atomic E-state index is 5.30. The first kappa shape index (κ1) is 13.7. The van der Waals surface area contributed by atoms with Gasteiger partial charge in [0.2, 0.25) is 0 Å². The summed E-state index contributed by atoms with van der Waals surface area (Å²) in [5.74, 6) is 0.877. The average molecular weight is 395 g/mol. The number of nitrogens with zero attached hydrogens (tertiary/aromatic N) is 1. The molecule has 0 saturated carbocycles. The van der Waals surface area contributed by atoms with Crippen molar-refractivity contribution in [2.75, 3.05) is 7.11 Å². The summed E-state index contributed by atoms with van der Waals surface area (Å²) in [6.07, 6.45) is 2.11. The summed E-state index contributed by atoms with van der Waals surface area (Å²) in [6, 6.07) is 14.5. The molecule has 0 aliphatic heterocycles. The third-order valence-electron chi connectivity index (χ3n) is 3.33. The van der Waals surface area contributed by atoms with Crippen molar-refractivity contribution >= 4 is 42.8 Å². The molecule has 1 heterocycles. The molecule has 20 heavy (non-hydrogen) atoms. The third kappa shape index (κ3) is 2.63. The van der Waals surface area contributed by atoms with E-state index in [9.17, 15) is 0 Å². The number of methoxy groups -OCH3 is 1. The molecule has 3 rings (SSSR count). The molecule has 0 spiro atoms. The van der Waals surface area contributed by atoms with E-state index in [1.807, 2.05) is 12.1 Å². The molecule has 0 aliphatic rings. The first-order valence-electron chi connectivity index (χ1n) is 6.24. The van der Waals surface area contributed by atoms with Gasteiger partial charge in [0.15, 0.2) is 0 Å². The third-order valence-corrected chi connectivity index (χ3v) is 4.59. The van der Waals surface area contributed by atoms with Crippen LogP contribution in [-0.2, 0) is 6.54 Å². The molecule has 4 heteroatoms. The van der Waals surface area contributed by atoms with Crippen molar-refractivity contribution in [3.8, 4) is 5.75 Å². The van der Waals surface area contributed by atoms with Crippen molar-refractivity contribution in [2.24, 2.45) is 0 Å². The summed E-state index contributed by atoms with van der Waals surface area (Å²) in [5.41, 5.74) is 2.42. The molecular formula is C16H13Br2NO. The van der Waals surface area contributed by atoms with E-state index in [2.05, 4.69) is 73.0 Å². The fraction of sp³-hybridized carbons (Fsp3) is 0.125. The van der Waals surface area contributed by atoms with Gasteiger partial charge in [-0.15, -0.1) is 0 Å². The molecule has 0 radical (unpaired) electrons. The Labute approximate surface area is 134 Å². The molecule has 0 N–H and O–H groups in total. The van der Waals surface area contributed by atoms with Gasteiger partial charge in [0, 0.05) is 32.6 Å². The van der Waals surface area contributed by atoms with Crippen molar-refractivity contribution in [2.45, 2.75) is 6.54 Å². The second-order valence-corrected chi connectivity index (χ2v) is 6.37. The summed E-state index contributed by atoms with van der Waals surface area (Å²) in [6.45, 7) is 0.808. The van der Waals surface area contributed by atoms with E-state index >= 15 is 0 Å². The van der Waals surface area contributed by atoms with Gasteiger partial charge in [-0.25, -0.2) is 0 Å². The first-order chi connectivity index (χ1) is 9.67. The van der Waals surface area contributed by atoms with Gasteiger partial charge in [-0.05, 0) is 48.0 Å². The van der Waals surface area contributed by atoms with E-state index in [-0.39, 0.29) is 0 Å². The minimum atomic E-state index is 0.808. The van der Waals surface area contributed by atoms with Crippen LogP contribution < -0.4 is 4.74 Å². The van der Waals surface area contributed by atoms with Gasteiger partial charge in [0.25, 0.3) is 0 Å². The van der Waals surface area contributed by atoms with Crippen LogP contribution in [0.3, 0.4) is 0 Å². The fourth-order valence-corrected chi connectivity index (χ4v) is 3.04. The highest BCUT2D eigenvalue weighted by atomic mass is 79.9. The molecule has 0 atom stereocenters. The maximum Gasteiger partial charge on any atom is 0.119 e. The number of hydrogen-bond donors (Lipinski definition) is 0. The van der Waals surface area contributed by atoms with E-state index in [4.69, 9.17) is 4.74 Å². The molecule has 3 aromatic rings. The molecule has 0 saturated heterocycles. The zero-order chi connectivity index (χ0) is 14.1. The lowest BCUT2D eigenvalue weighted by Crippen LogP contribution is -1.99. The molecule has 102 valence electrons. The standard InChI is InChI=1S/C16H13Br2NO/c1-20-14-3-4-15(18)12(9-14)10-19-7-6-11-8-13(17)2-5-16(11)19/h2-9H,10H2,1H3. The molecule has 0 aliphatic carbocycles. The van der Waals surface area contributed by atoms with Crippen LogP contribution in [0.25, 0.3) is 10.9 Å². The number of aromatic nitrogens is 1. The van der Waals surface area contributed by atoms with Gasteiger partial charge >= 0.3 is 0 Å². The van der Waals surface area contributed by atoms with E-state index in [0.29, 0.717) is 0 Å². The van der Waals surface area contributed by atoms with Gasteiger partial charge in [0.1, 0.15) is 5.75 Å². The van der Waals surface area contributed by atoms with Gasteiger partial charge in [0.05, 0.1) is 7.11 Å². The number of halogens is 2. The predicted molar refractivity (Wildman–Crippen MR) is 89.4 cm³/mol. The van der Waals surface area contributed by atoms with E-state index in [1.54, 1.807) is 7.11 Å². The van der Waals surface area contributed by atoms with Crippen LogP contribution in [0.2, 0.25) is 0 Å². The summed E-state index contributed by atoms with van der Waals surface area (Å²) >= 11 is 7.11. The highest BCUT2D eigenvalue weighted by Crippen LogP contribution is 2.26. The van der Waals surface area contributed by atoms with Crippen LogP contribution >= 0.6 is 31.9 Å². The van der Waals surface area contributed by atoms with Crippen molar-refractivity contribution < 1.29 is 4.74 Å². The summed E-state index contributed by atoms with van der Waals surface area (Å²) in [4.78, 5) is 0. The van der Waals surface area contributed by atoms with Crippen LogP contribution in [0.1, 0.15) is 5.56 Å². The number of hydrogen-bond acceptors (Lipinski definition) is 1. The minimum absolute atomic E-state index is 0.808. The molecule has 0 amide bonds. The number of benzene rings is 2. The van der Waals surface area contributed by atoms with Crippen molar-refractivity contribution in [3.05, 3.63) is 63.2 Å². The van der Waals surface area contributed by atoms with Crippen LogP contribution in [-0.4, -0.2) is 11.7 Å². The zero-order valence-electron chi connectivity index (χ0n) is 10.9. The average Bonchev–Trinajstić information content (AvgIpc) is 2.83. The van der Waals surface area contributed by atoms with E-state index in [0.717, 1.165) is 21.2 Å². The van der Waals surface area contributed by atoms with Crippen LogP contribution in [0, 0.1) is 0 Å². The Bertz CT molecular complexity index is 764. The zero-order valence-corrected chi connectivity index (χ0v) is 14.1. The quantitative estimate of drug-likeness (QED) is 0.593. The summed E-state index contributed by atoms with van der Waals surface area (Å²) in [5, 5.41) is 1.23. The summed E-state index contributed by atoms with van der Waals surface area (Å²) in [7, 11) is 1.69. The highest BCUT2D eigenvalue weighted by molar-refractivity contribution is 9.10. The van der Waals surface area contributed by atoms with Gasteiger partial charge < -0.3 is 9.30 Å². The van der Waals surface area contributed by atoms with E-state index in [1.165, 1.54) is 16.5 Å². The molecule has 2 aromatic carbocycles. The van der Waals surface area contributed by atoms with Crippen molar-refractivity contribution in [1.29, 1.82) is 0 Å². The molecule has 2 nitrogen and oxygen atoms in total. The topological polar surface area (TPSA) is 14.2 Å². The molecule has 0 unspecified atom stereocenters. The Hall–Kier alpha value is -1.26. The lowest BCUT2D eigenvalue weighted by Gasteiger charge is -2.10. The Morgan fingerprint density at radius 2 is 1.90 bits per heavy atom. The van der Waals surface area contributed by atoms with Gasteiger partial charge in [-0.3, -0.25) is 0 Å². The first-order valence-corrected chi connectivity index (χ1v) is 7.83. The normalized spacial score (nSPS) is 10.9. The molecule has 0 bridgehead atoms. The van der Waals surface area contributed by atoms with E-state index < -0.39 is 0 Å². The minimum Gasteiger partial charge on any atom is -0.497 e. The lowest BCUT2D eigenvalue weighted by atomic mass is 10.2. The van der Waals surface area contributed by atoms with Crippen LogP contribution in [0.15, 0.2) is 57.6 Å². The number of fused-ring (bicyclic) bond motifs is 1. The van der Waals surface area contributed by atoms with Crippen LogP contribution in [0.4, 0.5) is 0 Å².